The van der Waals surface area contributed by atoms with Crippen molar-refractivity contribution in [1.82, 2.24) is 127 Å². The van der Waals surface area contributed by atoms with Gasteiger partial charge in [-0.05, 0) is 48.9 Å². The van der Waals surface area contributed by atoms with Crippen LogP contribution in [0.3, 0.4) is 0 Å². The predicted octanol–water partition coefficient (Wildman–Crippen LogP) is -19.1. The number of rotatable bonds is 56. The second-order valence-electron chi connectivity index (χ2n) is 26.7. The van der Waals surface area contributed by atoms with Crippen molar-refractivity contribution in [1.29, 1.82) is 5.41 Å². The highest BCUT2D eigenvalue weighted by molar-refractivity contribution is 6.00. The Morgan fingerprint density at radius 2 is 0.651 bits per heavy atom. The molecule has 0 bridgehead atoms. The summed E-state index contributed by atoms with van der Waals surface area (Å²) in [7, 11) is 0. The number of guanidine groups is 1. The Bertz CT molecular complexity index is 4240. The maximum absolute atomic E-state index is 14.3. The Morgan fingerprint density at radius 3 is 1.01 bits per heavy atom. The van der Waals surface area contributed by atoms with Gasteiger partial charge < -0.3 is 159 Å². The number of hydrogen-bond acceptors (Lipinski definition) is 29. The van der Waals surface area contributed by atoms with E-state index in [-0.39, 0.29) is 57.4 Å². The minimum Gasteiger partial charge on any atom is -0.508 e. The van der Waals surface area contributed by atoms with Gasteiger partial charge in [0.05, 0.1) is 124 Å². The summed E-state index contributed by atoms with van der Waals surface area (Å²) in [4.78, 5) is 303. The number of phenols is 1. The molecular formula is C71H103N27O28. The fourth-order valence-electron chi connectivity index (χ4n) is 10.4. The number of aromatic hydroxyl groups is 1. The van der Waals surface area contributed by atoms with E-state index in [0.29, 0.717) is 11.1 Å². The van der Waals surface area contributed by atoms with Crippen molar-refractivity contribution in [2.75, 3.05) is 144 Å². The van der Waals surface area contributed by atoms with Crippen LogP contribution in [-0.4, -0.2) is 353 Å². The largest absolute Gasteiger partial charge is 0.508 e. The van der Waals surface area contributed by atoms with Gasteiger partial charge >= 0.3 is 5.97 Å². The highest BCUT2D eigenvalue weighted by atomic mass is 16.4. The van der Waals surface area contributed by atoms with Crippen molar-refractivity contribution in [3.05, 3.63) is 65.7 Å². The van der Waals surface area contributed by atoms with Crippen LogP contribution in [0.2, 0.25) is 0 Å². The number of phenolic OH excluding ortho intramolecular Hbond substituents is 1. The van der Waals surface area contributed by atoms with Crippen LogP contribution in [0.5, 0.6) is 5.75 Å². The molecule has 1 heterocycles. The number of carbonyl (C=O) groups excluding carboxylic acids is 23. The van der Waals surface area contributed by atoms with Gasteiger partial charge in [-0.2, -0.15) is 0 Å². The third-order valence-electron chi connectivity index (χ3n) is 16.7. The summed E-state index contributed by atoms with van der Waals surface area (Å²) in [5, 5.41) is 96.6. The van der Waals surface area contributed by atoms with Gasteiger partial charge in [0.2, 0.25) is 136 Å². The van der Waals surface area contributed by atoms with E-state index in [4.69, 9.17) is 22.0 Å². The van der Waals surface area contributed by atoms with E-state index in [9.17, 15) is 130 Å². The van der Waals surface area contributed by atoms with Crippen molar-refractivity contribution in [2.45, 2.75) is 74.8 Å². The van der Waals surface area contributed by atoms with Gasteiger partial charge in [-0.25, -0.2) is 0 Å². The number of carboxylic acid groups (broad SMARTS) is 1. The first-order valence-electron chi connectivity index (χ1n) is 38.3. The Kier molecular flexibility index (Phi) is 48.1. The van der Waals surface area contributed by atoms with Crippen molar-refractivity contribution in [3.63, 3.8) is 0 Å². The van der Waals surface area contributed by atoms with E-state index in [1.165, 1.54) is 24.3 Å². The molecule has 0 unspecified atom stereocenters. The van der Waals surface area contributed by atoms with Crippen molar-refractivity contribution in [3.8, 4) is 5.75 Å². The average Bonchev–Trinajstić information content (AvgIpc) is 1.66. The molecule has 690 valence electrons. The van der Waals surface area contributed by atoms with E-state index < -0.39 is 315 Å². The molecule has 0 aromatic heterocycles. The smallest absolute Gasteiger partial charge is 0.322 e. The van der Waals surface area contributed by atoms with Crippen molar-refractivity contribution in [2.24, 2.45) is 11.5 Å². The number of benzene rings is 2. The number of nitrogens with one attached hydrogen (secondary N) is 24. The van der Waals surface area contributed by atoms with Crippen LogP contribution >= 0.6 is 0 Å². The number of carbonyl (C=O) groups is 24. The number of aliphatic hydroxyl groups excluding tert-OH is 2. The zero-order chi connectivity index (χ0) is 93.6. The lowest BCUT2D eigenvalue weighted by atomic mass is 10.0. The molecule has 1 aliphatic heterocycles. The number of carboxylic acids is 1. The van der Waals surface area contributed by atoms with Gasteiger partial charge in [0.25, 0.3) is 0 Å². The first-order valence-corrected chi connectivity index (χ1v) is 38.3. The van der Waals surface area contributed by atoms with Crippen molar-refractivity contribution < 1.29 is 135 Å². The SMILES string of the molecule is N=C(N)NCCC[C@H](NC(=O)CNC(=O)CNC(=O)CNC(=O)CNC(=O)[C@H](CO)NC(=O)CNC(=O)CNC(=O)CNC(=O)CNC(=O)[C@H](Cc1ccc(O)cc1)NC(=O)CNC(=O)CN)C(=O)NCC(=O)NCC(=O)N[C@@H](Cc1ccccc1)C(=O)N1CCC[C@H]1C(=O)N[C@@H](CO)C(=O)NCC(=O)NCC(=O)NCC(=O)NCC(=O)NCC(=O)NCC(=O)O. The number of nitrogens with zero attached hydrogens (tertiary/aromatic N) is 1. The number of aliphatic carboxylic acids is 1. The fourth-order valence-corrected chi connectivity index (χ4v) is 10.4. The lowest BCUT2D eigenvalue weighted by Gasteiger charge is -2.29. The Morgan fingerprint density at radius 1 is 0.357 bits per heavy atom. The summed E-state index contributed by atoms with van der Waals surface area (Å²) in [6.07, 6.45) is 0.0287. The lowest BCUT2D eigenvalue weighted by molar-refractivity contribution is -0.142. The monoisotopic (exact) mass is 1780 g/mol. The van der Waals surface area contributed by atoms with Crippen LogP contribution in [0.15, 0.2) is 54.6 Å². The first kappa shape index (κ1) is 105. The molecule has 126 heavy (non-hydrogen) atoms. The Balaban J connectivity index is 1.39. The molecular weight excluding hydrogens is 1680 g/mol. The van der Waals surface area contributed by atoms with Crippen molar-refractivity contribution >= 4 is 148 Å². The van der Waals surface area contributed by atoms with Gasteiger partial charge in [-0.1, -0.05) is 42.5 Å². The summed E-state index contributed by atoms with van der Waals surface area (Å²) in [6.45, 7) is -14.5. The summed E-state index contributed by atoms with van der Waals surface area (Å²) < 4.78 is 0. The molecule has 1 saturated heterocycles. The van der Waals surface area contributed by atoms with E-state index >= 15 is 0 Å². The van der Waals surface area contributed by atoms with Crippen LogP contribution in [0.25, 0.3) is 0 Å². The van der Waals surface area contributed by atoms with Gasteiger partial charge in [0.15, 0.2) is 5.96 Å². The van der Waals surface area contributed by atoms with Gasteiger partial charge in [0.1, 0.15) is 48.5 Å². The average molecular weight is 1780 g/mol. The fraction of sp³-hybridized carbons (Fsp3) is 0.479. The lowest BCUT2D eigenvalue weighted by Crippen LogP contribution is -2.58. The number of aliphatic hydroxyl groups is 2. The van der Waals surface area contributed by atoms with E-state index in [1.807, 2.05) is 5.32 Å². The second kappa shape index (κ2) is 57.8. The molecule has 6 atom stereocenters. The minimum atomic E-state index is -1.68. The molecule has 0 aliphatic carbocycles. The zero-order valence-electron chi connectivity index (χ0n) is 67.6. The maximum atomic E-state index is 14.3. The second-order valence-corrected chi connectivity index (χ2v) is 26.7. The normalized spacial score (nSPS) is 12.8. The molecule has 55 nitrogen and oxygen atoms in total. The van der Waals surface area contributed by atoms with Crippen LogP contribution in [-0.2, 0) is 128 Å². The standard InChI is InChI=1S/C71H103N27O28/c72-18-47(102)76-31-61(116)94-42(16-39-10-12-40(101)13-11-39)66(122)90-28-56(111)82-21-51(106)80-25-54(109)86-34-63(118)96-44(36-99)67(123)91-29-57(112)83-23-52(107)79-24-53(108)85-32-60(115)93-41(8-4-14-75-71(73)74)65(121)89-27-59(114)87-33-62(117)95-43(17-38-6-2-1-3-7-38)70(126)98-15-5-9-46(98)69(125)97-45(37-100)68(124)92-30-58(113)84-22-50(105)78-19-48(103)77-20-49(104)81-26-55(110)88-35-64(119)120/h1-3,6-7,10-13,41-46,99-101H,4-5,8-9,14-37,72H2,(H,76,102)(H,77,103)(H,78,105)(H,79,107)(H,80,106)(H,81,104)(H,82,111)(H,83,112)(H,84,113)(H,85,108)(H,86,109)(H,87,114)(H,88,110)(H,89,121)(H,90,122)(H,91,123)(H,92,124)(H,93,115)(H,94,116)(H,95,117)(H,96,118)(H,97,125)(H,119,120)(H4,73,74,75)/t41-,42-,43-,44-,45-,46-/m0/s1. The van der Waals surface area contributed by atoms with Gasteiger partial charge in [0, 0.05) is 25.9 Å². The summed E-state index contributed by atoms with van der Waals surface area (Å²) in [5.41, 5.74) is 11.6. The number of nitrogens with two attached hydrogens (primary N) is 2. The molecule has 0 saturated carbocycles. The Labute approximate surface area is 715 Å². The van der Waals surface area contributed by atoms with Gasteiger partial charge in [-0.3, -0.25) is 120 Å². The summed E-state index contributed by atoms with van der Waals surface area (Å²) in [6, 6.07) is 5.25. The number of likely N-dealkylation sites (tertiary alicyclic amines) is 1. The third-order valence-corrected chi connectivity index (χ3v) is 16.7. The molecule has 3 rings (SSSR count). The van der Waals surface area contributed by atoms with Crippen LogP contribution in [0, 0.1) is 5.41 Å². The minimum absolute atomic E-state index is 0.0154. The van der Waals surface area contributed by atoms with E-state index in [0.717, 1.165) is 4.90 Å². The predicted molar refractivity (Wildman–Crippen MR) is 428 cm³/mol. The maximum Gasteiger partial charge on any atom is 0.322 e. The molecule has 23 amide bonds. The van der Waals surface area contributed by atoms with E-state index in [2.05, 4.69) is 117 Å². The highest BCUT2D eigenvalue weighted by Gasteiger charge is 2.39. The number of amides is 23. The molecule has 1 fully saturated rings. The third kappa shape index (κ3) is 45.4. The first-order chi connectivity index (χ1) is 59.9. The number of hydrogen-bond donors (Lipinski definition) is 30. The van der Waals surface area contributed by atoms with Crippen LogP contribution < -0.4 is 134 Å². The molecule has 32 N–H and O–H groups in total. The molecule has 2 aromatic rings. The zero-order valence-corrected chi connectivity index (χ0v) is 67.6. The van der Waals surface area contributed by atoms with E-state index in [1.54, 1.807) is 30.3 Å². The highest BCUT2D eigenvalue weighted by Crippen LogP contribution is 2.20. The topological polar surface area (TPSA) is 846 Å². The molecule has 55 heteroatoms. The summed E-state index contributed by atoms with van der Waals surface area (Å²) >= 11 is 0. The molecule has 1 aliphatic rings. The quantitative estimate of drug-likeness (QED) is 0.0166. The van der Waals surface area contributed by atoms with Crippen LogP contribution in [0.1, 0.15) is 36.8 Å². The van der Waals surface area contributed by atoms with Gasteiger partial charge in [-0.15, -0.1) is 0 Å². The Hall–Kier alpha value is -15.3. The molecule has 0 radical (unpaired) electrons. The summed E-state index contributed by atoms with van der Waals surface area (Å²) in [5.74, 6) is -22.5. The molecule has 0 spiro atoms. The van der Waals surface area contributed by atoms with Crippen LogP contribution in [0.4, 0.5) is 0 Å². The molecule has 2 aromatic carbocycles.